The third-order valence-corrected chi connectivity index (χ3v) is 6.27. The molecular formula is C23H34IN5OS. The average Bonchev–Trinajstić information content (AvgIpc) is 3.29. The van der Waals surface area contributed by atoms with Crippen molar-refractivity contribution in [3.8, 4) is 0 Å². The third-order valence-electron chi connectivity index (χ3n) is 5.57. The van der Waals surface area contributed by atoms with E-state index in [0.717, 1.165) is 31.3 Å². The van der Waals surface area contributed by atoms with E-state index >= 15 is 0 Å². The van der Waals surface area contributed by atoms with Crippen LogP contribution in [0.25, 0.3) is 0 Å². The number of hydrogen-bond donors (Lipinski definition) is 3. The van der Waals surface area contributed by atoms with E-state index in [4.69, 9.17) is 4.99 Å². The summed E-state index contributed by atoms with van der Waals surface area (Å²) in [7, 11) is 0. The van der Waals surface area contributed by atoms with Gasteiger partial charge in [-0.1, -0.05) is 32.0 Å². The molecule has 31 heavy (non-hydrogen) atoms. The van der Waals surface area contributed by atoms with Gasteiger partial charge in [-0.3, -0.25) is 14.7 Å². The lowest BCUT2D eigenvalue weighted by Crippen LogP contribution is -2.41. The highest BCUT2D eigenvalue weighted by atomic mass is 127. The van der Waals surface area contributed by atoms with Crippen molar-refractivity contribution in [1.29, 1.82) is 0 Å². The standard InChI is InChI=1S/C23H33N5OS.HI/c1-4-24-23(26-15-21(28(5-2)6-3)17-11-12-30-16-17)25-14-18-13-22(29)27-20-10-8-7-9-19(18)20;/h7-12,16,18,21H,4-6,13-15H2,1-3H3,(H,27,29)(H2,24,25,26);1H. The second-order valence-electron chi connectivity index (χ2n) is 7.43. The van der Waals surface area contributed by atoms with Gasteiger partial charge in [0.25, 0.3) is 0 Å². The van der Waals surface area contributed by atoms with Gasteiger partial charge in [0.2, 0.25) is 5.91 Å². The molecule has 1 aliphatic heterocycles. The molecule has 0 saturated heterocycles. The first-order valence-corrected chi connectivity index (χ1v) is 11.8. The molecule has 3 rings (SSSR count). The van der Waals surface area contributed by atoms with Gasteiger partial charge in [-0.05, 0) is 54.0 Å². The van der Waals surface area contributed by atoms with Crippen molar-refractivity contribution in [2.45, 2.75) is 39.2 Å². The van der Waals surface area contributed by atoms with Crippen molar-refractivity contribution in [1.82, 2.24) is 15.5 Å². The fourth-order valence-corrected chi connectivity index (χ4v) is 4.69. The summed E-state index contributed by atoms with van der Waals surface area (Å²) < 4.78 is 0. The predicted octanol–water partition coefficient (Wildman–Crippen LogP) is 4.43. The molecule has 0 spiro atoms. The molecule has 2 heterocycles. The van der Waals surface area contributed by atoms with Crippen LogP contribution >= 0.6 is 35.3 Å². The first-order chi connectivity index (χ1) is 14.7. The lowest BCUT2D eigenvalue weighted by atomic mass is 9.90. The Hall–Kier alpha value is -1.65. The molecule has 6 nitrogen and oxygen atoms in total. The van der Waals surface area contributed by atoms with Gasteiger partial charge in [0, 0.05) is 31.1 Å². The molecule has 2 aromatic rings. The normalized spacial score (nSPS) is 16.8. The van der Waals surface area contributed by atoms with Crippen LogP contribution in [-0.4, -0.2) is 49.5 Å². The average molecular weight is 556 g/mol. The van der Waals surface area contributed by atoms with Crippen molar-refractivity contribution < 1.29 is 4.79 Å². The number of nitrogens with zero attached hydrogens (tertiary/aromatic N) is 2. The van der Waals surface area contributed by atoms with Gasteiger partial charge in [-0.25, -0.2) is 0 Å². The van der Waals surface area contributed by atoms with E-state index in [1.54, 1.807) is 11.3 Å². The zero-order valence-electron chi connectivity index (χ0n) is 18.6. The zero-order chi connectivity index (χ0) is 21.3. The molecule has 1 amide bonds. The minimum absolute atomic E-state index is 0. The van der Waals surface area contributed by atoms with Gasteiger partial charge in [0.05, 0.1) is 12.6 Å². The van der Waals surface area contributed by atoms with Gasteiger partial charge in [0.1, 0.15) is 0 Å². The fraction of sp³-hybridized carbons (Fsp3) is 0.478. The van der Waals surface area contributed by atoms with Crippen molar-refractivity contribution in [3.05, 3.63) is 52.2 Å². The molecule has 1 aliphatic rings. The lowest BCUT2D eigenvalue weighted by Gasteiger charge is -2.29. The van der Waals surface area contributed by atoms with E-state index in [1.807, 2.05) is 18.2 Å². The molecule has 1 aromatic heterocycles. The number of carbonyl (C=O) groups excluding carboxylic acids is 1. The number of carbonyl (C=O) groups is 1. The van der Waals surface area contributed by atoms with Gasteiger partial charge in [-0.2, -0.15) is 11.3 Å². The molecule has 0 radical (unpaired) electrons. The summed E-state index contributed by atoms with van der Waals surface area (Å²) in [6, 6.07) is 10.5. The smallest absolute Gasteiger partial charge is 0.225 e. The topological polar surface area (TPSA) is 68.8 Å². The first-order valence-electron chi connectivity index (χ1n) is 10.8. The number of fused-ring (bicyclic) bond motifs is 1. The maximum absolute atomic E-state index is 12.1. The maximum atomic E-state index is 12.1. The van der Waals surface area contributed by atoms with E-state index in [0.29, 0.717) is 19.5 Å². The van der Waals surface area contributed by atoms with Gasteiger partial charge < -0.3 is 16.0 Å². The molecule has 2 unspecified atom stereocenters. The van der Waals surface area contributed by atoms with Crippen LogP contribution in [0.15, 0.2) is 46.1 Å². The molecule has 8 heteroatoms. The number of guanidine groups is 1. The molecule has 170 valence electrons. The van der Waals surface area contributed by atoms with Gasteiger partial charge >= 0.3 is 0 Å². The highest BCUT2D eigenvalue weighted by Gasteiger charge is 2.25. The second-order valence-corrected chi connectivity index (χ2v) is 8.21. The summed E-state index contributed by atoms with van der Waals surface area (Å²) in [4.78, 5) is 19.4. The second kappa shape index (κ2) is 13.0. The van der Waals surface area contributed by atoms with E-state index in [1.165, 1.54) is 11.1 Å². The molecule has 0 bridgehead atoms. The summed E-state index contributed by atoms with van der Waals surface area (Å²) >= 11 is 1.73. The van der Waals surface area contributed by atoms with E-state index in [9.17, 15) is 4.79 Å². The quantitative estimate of drug-likeness (QED) is 0.243. The minimum Gasteiger partial charge on any atom is -0.357 e. The van der Waals surface area contributed by atoms with Crippen molar-refractivity contribution >= 4 is 52.9 Å². The number of benzene rings is 1. The number of para-hydroxylation sites is 1. The van der Waals surface area contributed by atoms with Crippen LogP contribution in [-0.2, 0) is 4.79 Å². The number of nitrogens with one attached hydrogen (secondary N) is 3. The van der Waals surface area contributed by atoms with Crippen LogP contribution in [0.4, 0.5) is 5.69 Å². The number of aliphatic imine (C=N–C) groups is 1. The Morgan fingerprint density at radius 1 is 1.23 bits per heavy atom. The Balaban J connectivity index is 0.00000341. The Morgan fingerprint density at radius 2 is 2.00 bits per heavy atom. The molecule has 2 atom stereocenters. The van der Waals surface area contributed by atoms with Crippen molar-refractivity contribution in [2.75, 3.05) is 38.0 Å². The largest absolute Gasteiger partial charge is 0.357 e. The monoisotopic (exact) mass is 555 g/mol. The summed E-state index contributed by atoms with van der Waals surface area (Å²) in [6.45, 7) is 10.6. The minimum atomic E-state index is 0. The maximum Gasteiger partial charge on any atom is 0.225 e. The van der Waals surface area contributed by atoms with Crippen LogP contribution in [0, 0.1) is 0 Å². The summed E-state index contributed by atoms with van der Waals surface area (Å²) in [6.07, 6.45) is 0.487. The molecular weight excluding hydrogens is 521 g/mol. The first kappa shape index (κ1) is 25.6. The number of thiophene rings is 1. The lowest BCUT2D eigenvalue weighted by molar-refractivity contribution is -0.116. The number of halogens is 1. The third kappa shape index (κ3) is 6.92. The molecule has 1 aromatic carbocycles. The summed E-state index contributed by atoms with van der Waals surface area (Å²) in [5.74, 6) is 1.00. The summed E-state index contributed by atoms with van der Waals surface area (Å²) in [5, 5.41) is 14.1. The summed E-state index contributed by atoms with van der Waals surface area (Å²) in [5.41, 5.74) is 3.42. The molecule has 0 saturated carbocycles. The molecule has 0 fully saturated rings. The van der Waals surface area contributed by atoms with Crippen molar-refractivity contribution in [2.24, 2.45) is 4.99 Å². The molecule has 3 N–H and O–H groups in total. The highest BCUT2D eigenvalue weighted by molar-refractivity contribution is 14.0. The van der Waals surface area contributed by atoms with Crippen LogP contribution in [0.5, 0.6) is 0 Å². The fourth-order valence-electron chi connectivity index (χ4n) is 3.98. The number of anilines is 1. The van der Waals surface area contributed by atoms with Crippen LogP contribution in [0.3, 0.4) is 0 Å². The Kier molecular flexibility index (Phi) is 10.8. The number of likely N-dealkylation sites (N-methyl/N-ethyl adjacent to an activating group) is 1. The van der Waals surface area contributed by atoms with E-state index in [-0.39, 0.29) is 41.8 Å². The number of amides is 1. The number of hydrogen-bond acceptors (Lipinski definition) is 4. The zero-order valence-corrected chi connectivity index (χ0v) is 21.7. The SMILES string of the molecule is CCNC(=NCC(c1ccsc1)N(CC)CC)NCC1CC(=O)Nc2ccccc21.I. The van der Waals surface area contributed by atoms with E-state index < -0.39 is 0 Å². The van der Waals surface area contributed by atoms with Gasteiger partial charge in [-0.15, -0.1) is 24.0 Å². The Morgan fingerprint density at radius 3 is 2.68 bits per heavy atom. The molecule has 0 aliphatic carbocycles. The van der Waals surface area contributed by atoms with Crippen molar-refractivity contribution in [3.63, 3.8) is 0 Å². The van der Waals surface area contributed by atoms with Crippen LogP contribution < -0.4 is 16.0 Å². The predicted molar refractivity (Wildman–Crippen MR) is 142 cm³/mol. The Labute approximate surface area is 206 Å². The van der Waals surface area contributed by atoms with Gasteiger partial charge in [0.15, 0.2) is 5.96 Å². The number of rotatable bonds is 9. The van der Waals surface area contributed by atoms with Crippen LogP contribution in [0.2, 0.25) is 0 Å². The van der Waals surface area contributed by atoms with E-state index in [2.05, 4.69) is 64.5 Å². The van der Waals surface area contributed by atoms with Crippen LogP contribution in [0.1, 0.15) is 50.3 Å². The Bertz CT molecular complexity index is 838. The highest BCUT2D eigenvalue weighted by Crippen LogP contribution is 2.31.